The van der Waals surface area contributed by atoms with Gasteiger partial charge in [-0.15, -0.1) is 11.3 Å². The van der Waals surface area contributed by atoms with Crippen LogP contribution >= 0.6 is 11.3 Å². The van der Waals surface area contributed by atoms with Crippen molar-refractivity contribution in [2.45, 2.75) is 19.3 Å². The lowest BCUT2D eigenvalue weighted by atomic mass is 9.82. The number of rotatable bonds is 4. The van der Waals surface area contributed by atoms with Crippen molar-refractivity contribution < 1.29 is 4.42 Å². The Morgan fingerprint density at radius 1 is 0.406 bits per heavy atom. The Hall–Kier alpha value is -7.72. The largest absolute Gasteiger partial charge is 0.453 e. The third-order valence-corrected chi connectivity index (χ3v) is 15.4. The lowest BCUT2D eigenvalue weighted by Gasteiger charge is -2.28. The smallest absolute Gasteiger partial charge is 0.159 e. The van der Waals surface area contributed by atoms with Crippen LogP contribution in [0.1, 0.15) is 25.0 Å². The van der Waals surface area contributed by atoms with Crippen LogP contribution in [0.4, 0.5) is 17.1 Å². The third-order valence-electron chi connectivity index (χ3n) is 14.2. The van der Waals surface area contributed by atoms with E-state index >= 15 is 0 Å². The van der Waals surface area contributed by atoms with Gasteiger partial charge in [0.15, 0.2) is 5.58 Å². The molecule has 0 atom stereocenters. The first-order chi connectivity index (χ1) is 31.5. The monoisotopic (exact) mass is 833 g/mol. The average Bonchev–Trinajstić information content (AvgIpc) is 3.99. The Morgan fingerprint density at radius 2 is 1.02 bits per heavy atom. The number of benzene rings is 11. The van der Waals surface area contributed by atoms with E-state index in [1.54, 1.807) is 0 Å². The number of furan rings is 1. The van der Waals surface area contributed by atoms with E-state index in [1.165, 1.54) is 85.5 Å². The normalized spacial score (nSPS) is 13.3. The van der Waals surface area contributed by atoms with Crippen molar-refractivity contribution in [3.05, 3.63) is 211 Å². The molecule has 11 aromatic carbocycles. The van der Waals surface area contributed by atoms with Crippen molar-refractivity contribution in [3.8, 4) is 22.3 Å². The molecule has 14 rings (SSSR count). The maximum atomic E-state index is 7.49. The van der Waals surface area contributed by atoms with Crippen LogP contribution in [-0.4, -0.2) is 0 Å². The Balaban J connectivity index is 1.06. The second-order valence-electron chi connectivity index (χ2n) is 17.9. The van der Waals surface area contributed by atoms with E-state index in [4.69, 9.17) is 4.42 Å². The standard InChI is InChI=1S/C61H39NOS/c1-61(2)52-25-11-9-21-45(52)46-32-30-38(35-53(46)61)62(55-27-14-24-49-47-22-10-12-28-56(47)64-60(49)55)54-26-13-23-48-51-33-36-15-3-4-16-39(36)57(59(51)63-58(48)54)37-29-31-44-42-19-6-5-17-40(42)41-18-7-8-20-43(41)50(44)34-37/h3-35H,1-2H3. The highest BCUT2D eigenvalue weighted by Crippen LogP contribution is 2.53. The predicted molar refractivity (Wildman–Crippen MR) is 274 cm³/mol. The molecule has 0 aliphatic heterocycles. The number of hydrogen-bond donors (Lipinski definition) is 0. The van der Waals surface area contributed by atoms with Gasteiger partial charge in [0, 0.05) is 42.9 Å². The van der Waals surface area contributed by atoms with Crippen molar-refractivity contribution in [1.29, 1.82) is 0 Å². The average molecular weight is 834 g/mol. The number of para-hydroxylation sites is 1. The van der Waals surface area contributed by atoms with Crippen molar-refractivity contribution in [1.82, 2.24) is 0 Å². The van der Waals surface area contributed by atoms with Gasteiger partial charge >= 0.3 is 0 Å². The van der Waals surface area contributed by atoms with E-state index in [9.17, 15) is 0 Å². The molecule has 0 unspecified atom stereocenters. The summed E-state index contributed by atoms with van der Waals surface area (Å²) in [5, 5.41) is 14.7. The molecule has 1 aliphatic carbocycles. The summed E-state index contributed by atoms with van der Waals surface area (Å²) in [6.45, 7) is 4.73. The summed E-state index contributed by atoms with van der Waals surface area (Å²) in [6.07, 6.45) is 0. The topological polar surface area (TPSA) is 16.4 Å². The molecule has 3 heteroatoms. The maximum absolute atomic E-state index is 7.49. The minimum absolute atomic E-state index is 0.158. The van der Waals surface area contributed by atoms with Crippen molar-refractivity contribution >= 4 is 114 Å². The molecule has 0 amide bonds. The number of fused-ring (bicyclic) bond motifs is 16. The summed E-state index contributed by atoms with van der Waals surface area (Å²) in [4.78, 5) is 2.47. The number of anilines is 3. The van der Waals surface area contributed by atoms with Crippen LogP contribution in [0, 0.1) is 0 Å². The summed E-state index contributed by atoms with van der Waals surface area (Å²) in [5.41, 5.74) is 12.5. The molecule has 2 aromatic heterocycles. The van der Waals surface area contributed by atoms with Crippen LogP contribution in [0.5, 0.6) is 0 Å². The molecule has 0 radical (unpaired) electrons. The highest BCUT2D eigenvalue weighted by molar-refractivity contribution is 7.26. The van der Waals surface area contributed by atoms with Gasteiger partial charge in [0.25, 0.3) is 0 Å². The van der Waals surface area contributed by atoms with Crippen LogP contribution in [-0.2, 0) is 5.41 Å². The van der Waals surface area contributed by atoms with Gasteiger partial charge in [0.2, 0.25) is 0 Å². The Morgan fingerprint density at radius 3 is 1.81 bits per heavy atom. The van der Waals surface area contributed by atoms with Crippen LogP contribution in [0.3, 0.4) is 0 Å². The van der Waals surface area contributed by atoms with E-state index in [2.05, 4.69) is 219 Å². The summed E-state index contributed by atoms with van der Waals surface area (Å²) >= 11 is 1.86. The van der Waals surface area contributed by atoms with Crippen LogP contribution < -0.4 is 4.90 Å². The molecule has 0 N–H and O–H groups in total. The van der Waals surface area contributed by atoms with Crippen LogP contribution in [0.25, 0.3) is 107 Å². The Labute approximate surface area is 373 Å². The minimum Gasteiger partial charge on any atom is -0.453 e. The molecule has 0 fully saturated rings. The van der Waals surface area contributed by atoms with E-state index in [0.717, 1.165) is 50.1 Å². The van der Waals surface area contributed by atoms with Gasteiger partial charge < -0.3 is 9.32 Å². The first-order valence-electron chi connectivity index (χ1n) is 22.2. The van der Waals surface area contributed by atoms with E-state index < -0.39 is 0 Å². The molecule has 300 valence electrons. The zero-order chi connectivity index (χ0) is 42.3. The fourth-order valence-corrected chi connectivity index (χ4v) is 12.5. The van der Waals surface area contributed by atoms with Gasteiger partial charge in [-0.1, -0.05) is 172 Å². The van der Waals surface area contributed by atoms with Crippen molar-refractivity contribution in [2.75, 3.05) is 4.90 Å². The molecule has 2 heterocycles. The highest BCUT2D eigenvalue weighted by atomic mass is 32.1. The fraction of sp³-hybridized carbons (Fsp3) is 0.0492. The molecule has 13 aromatic rings. The highest BCUT2D eigenvalue weighted by Gasteiger charge is 2.36. The van der Waals surface area contributed by atoms with Gasteiger partial charge in [-0.25, -0.2) is 0 Å². The first-order valence-corrected chi connectivity index (χ1v) is 23.0. The lowest BCUT2D eigenvalue weighted by Crippen LogP contribution is -2.16. The number of nitrogens with zero attached hydrogens (tertiary/aromatic N) is 1. The second-order valence-corrected chi connectivity index (χ2v) is 19.0. The molecule has 64 heavy (non-hydrogen) atoms. The lowest BCUT2D eigenvalue weighted by molar-refractivity contribution is 0.660. The van der Waals surface area contributed by atoms with Gasteiger partial charge in [0.05, 0.1) is 16.1 Å². The summed E-state index contributed by atoms with van der Waals surface area (Å²) in [5.74, 6) is 0. The maximum Gasteiger partial charge on any atom is 0.159 e. The van der Waals surface area contributed by atoms with E-state index in [0.29, 0.717) is 0 Å². The Kier molecular flexibility index (Phi) is 7.36. The zero-order valence-corrected chi connectivity index (χ0v) is 36.1. The molecular weight excluding hydrogens is 795 g/mol. The zero-order valence-electron chi connectivity index (χ0n) is 35.3. The predicted octanol–water partition coefficient (Wildman–Crippen LogP) is 18.0. The quantitative estimate of drug-likeness (QED) is 0.164. The molecule has 1 aliphatic rings. The van der Waals surface area contributed by atoms with Crippen molar-refractivity contribution in [3.63, 3.8) is 0 Å². The van der Waals surface area contributed by atoms with E-state index in [1.807, 2.05) is 11.3 Å². The fourth-order valence-electron chi connectivity index (χ4n) is 11.3. The number of hydrogen-bond acceptors (Lipinski definition) is 3. The van der Waals surface area contributed by atoms with Gasteiger partial charge in [-0.05, 0) is 113 Å². The first kappa shape index (κ1) is 35.8. The van der Waals surface area contributed by atoms with Gasteiger partial charge in [-0.2, -0.15) is 0 Å². The number of thiophene rings is 1. The van der Waals surface area contributed by atoms with Crippen LogP contribution in [0.2, 0.25) is 0 Å². The van der Waals surface area contributed by atoms with Gasteiger partial charge in [0.1, 0.15) is 5.58 Å². The SMILES string of the molecule is CC1(C)c2ccccc2-c2ccc(N(c3cccc4c3oc3c(-c5ccc6c7ccccc7c7ccccc7c6c5)c5ccccc5cc34)c3cccc4c3sc3ccccc34)cc21. The molecule has 0 bridgehead atoms. The Bertz CT molecular complexity index is 4090. The second kappa shape index (κ2) is 13.2. The van der Waals surface area contributed by atoms with Crippen molar-refractivity contribution in [2.24, 2.45) is 0 Å². The van der Waals surface area contributed by atoms with Crippen LogP contribution in [0.15, 0.2) is 205 Å². The summed E-state index contributed by atoms with van der Waals surface area (Å²) in [7, 11) is 0. The minimum atomic E-state index is -0.158. The molecular formula is C61H39NOS. The van der Waals surface area contributed by atoms with Gasteiger partial charge in [-0.3, -0.25) is 0 Å². The summed E-state index contributed by atoms with van der Waals surface area (Å²) < 4.78 is 10.0. The molecule has 0 saturated carbocycles. The summed E-state index contributed by atoms with van der Waals surface area (Å²) in [6, 6.07) is 74.0. The molecule has 0 saturated heterocycles. The molecule has 2 nitrogen and oxygen atoms in total. The molecule has 0 spiro atoms. The third kappa shape index (κ3) is 4.90. The van der Waals surface area contributed by atoms with E-state index in [-0.39, 0.29) is 5.41 Å².